The monoisotopic (exact) mass is 296 g/mol. The van der Waals surface area contributed by atoms with Crippen LogP contribution in [-0.2, 0) is 23.7 Å². The van der Waals surface area contributed by atoms with E-state index in [2.05, 4.69) is 0 Å². The molecule has 0 fully saturated rings. The van der Waals surface area contributed by atoms with Crippen molar-refractivity contribution >= 4 is 10.1 Å². The van der Waals surface area contributed by atoms with Gasteiger partial charge in [0.25, 0.3) is 6.43 Å². The Labute approximate surface area is 99.2 Å². The van der Waals surface area contributed by atoms with Crippen molar-refractivity contribution in [3.63, 3.8) is 0 Å². The first-order chi connectivity index (χ1) is 7.93. The highest BCUT2D eigenvalue weighted by Gasteiger charge is 2.36. The average molecular weight is 296 g/mol. The maximum absolute atomic E-state index is 11.7. The first kappa shape index (κ1) is 16.8. The van der Waals surface area contributed by atoms with Gasteiger partial charge in [-0.15, -0.1) is 0 Å². The smallest absolute Gasteiger partial charge is 0.485 e. The summed E-state index contributed by atoms with van der Waals surface area (Å²) in [7, 11) is -4.30. The molecular formula is C7H9F5N2O3S. The lowest BCUT2D eigenvalue weighted by atomic mass is 10.6. The van der Waals surface area contributed by atoms with Gasteiger partial charge >= 0.3 is 5.51 Å². The highest BCUT2D eigenvalue weighted by atomic mass is 32.2. The first-order valence-corrected chi connectivity index (χ1v) is 5.65. The minimum Gasteiger partial charge on any atom is -0.741 e. The number of alkyl halides is 5. The molecule has 0 aliphatic carbocycles. The van der Waals surface area contributed by atoms with Crippen LogP contribution in [0.15, 0.2) is 18.7 Å². The summed E-state index contributed by atoms with van der Waals surface area (Å²) in [4.78, 5) is 0. The molecule has 0 radical (unpaired) electrons. The number of halogens is 5. The van der Waals surface area contributed by atoms with Crippen molar-refractivity contribution in [2.45, 2.75) is 18.5 Å². The van der Waals surface area contributed by atoms with Gasteiger partial charge in [0.05, 0.1) is 7.05 Å². The van der Waals surface area contributed by atoms with E-state index in [1.165, 1.54) is 4.57 Å². The zero-order valence-corrected chi connectivity index (χ0v) is 9.75. The fourth-order valence-corrected chi connectivity index (χ4v) is 0.769. The van der Waals surface area contributed by atoms with Crippen molar-refractivity contribution in [3.05, 3.63) is 18.7 Å². The highest BCUT2D eigenvalue weighted by Crippen LogP contribution is 2.20. The number of hydrogen-bond acceptors (Lipinski definition) is 3. The van der Waals surface area contributed by atoms with E-state index in [1.807, 2.05) is 0 Å². The molecule has 0 aliphatic rings. The molecule has 1 rings (SSSR count). The summed E-state index contributed by atoms with van der Waals surface area (Å²) >= 11 is 0. The fraction of sp³-hybridized carbons (Fsp3) is 0.571. The number of hydrogen-bond donors (Lipinski definition) is 0. The van der Waals surface area contributed by atoms with E-state index in [9.17, 15) is 22.0 Å². The van der Waals surface area contributed by atoms with Crippen molar-refractivity contribution in [1.29, 1.82) is 0 Å². The molecule has 0 bridgehead atoms. The molecule has 106 valence electrons. The molecule has 0 aromatic carbocycles. The van der Waals surface area contributed by atoms with Gasteiger partial charge < -0.3 is 4.55 Å². The van der Waals surface area contributed by atoms with Gasteiger partial charge in [0.2, 0.25) is 6.33 Å². The Kier molecular flexibility index (Phi) is 5.67. The van der Waals surface area contributed by atoms with Crippen molar-refractivity contribution in [2.75, 3.05) is 0 Å². The normalized spacial score (nSPS) is 12.2. The molecule has 0 aliphatic heterocycles. The van der Waals surface area contributed by atoms with Gasteiger partial charge in [-0.05, 0) is 0 Å². The van der Waals surface area contributed by atoms with Crippen LogP contribution in [0.5, 0.6) is 0 Å². The summed E-state index contributed by atoms with van der Waals surface area (Å²) in [5.74, 6) is 0. The standard InChI is InChI=1S/C6H9F2N2.CHF3O3S/c1-9-2-3-10(5-9)4-6(7)8;2-1(3,4)8(5,6)7/h2-3,5-6H,4H2,1H3;(H,5,6,7)/q+1;/p-1. The second kappa shape index (κ2) is 6.09. The molecule has 5 nitrogen and oxygen atoms in total. The SMILES string of the molecule is C[n+]1ccn(CC(F)F)c1.O=S(=O)([O-])C(F)(F)F. The molecule has 1 aromatic heterocycles. The number of aryl methyl sites for hydroxylation is 1. The Bertz CT molecular complexity index is 468. The van der Waals surface area contributed by atoms with Gasteiger partial charge in [-0.3, -0.25) is 0 Å². The molecular weight excluding hydrogens is 287 g/mol. The molecule has 0 amide bonds. The van der Waals surface area contributed by atoms with E-state index < -0.39 is 22.1 Å². The Balaban J connectivity index is 0.000000331. The number of imidazole rings is 1. The lowest BCUT2D eigenvalue weighted by molar-refractivity contribution is -0.671. The van der Waals surface area contributed by atoms with Crippen molar-refractivity contribution < 1.29 is 39.5 Å². The van der Waals surface area contributed by atoms with Crippen LogP contribution in [0.1, 0.15) is 0 Å². The predicted molar refractivity (Wildman–Crippen MR) is 47.4 cm³/mol. The van der Waals surface area contributed by atoms with Gasteiger partial charge in [0.1, 0.15) is 12.4 Å². The first-order valence-electron chi connectivity index (χ1n) is 4.25. The molecule has 0 saturated heterocycles. The van der Waals surface area contributed by atoms with Gasteiger partial charge in [0.15, 0.2) is 16.7 Å². The average Bonchev–Trinajstić information content (AvgIpc) is 2.47. The van der Waals surface area contributed by atoms with Gasteiger partial charge in [-0.25, -0.2) is 26.3 Å². The minimum atomic E-state index is -6.09. The van der Waals surface area contributed by atoms with Crippen LogP contribution in [0, 0.1) is 0 Å². The van der Waals surface area contributed by atoms with Crippen molar-refractivity contribution in [2.24, 2.45) is 7.05 Å². The van der Waals surface area contributed by atoms with Crippen LogP contribution in [0.25, 0.3) is 0 Å². The third-order valence-electron chi connectivity index (χ3n) is 1.46. The fourth-order valence-electron chi connectivity index (χ4n) is 0.769. The summed E-state index contributed by atoms with van der Waals surface area (Å²) < 4.78 is 85.5. The van der Waals surface area contributed by atoms with Gasteiger partial charge in [-0.2, -0.15) is 13.2 Å². The van der Waals surface area contributed by atoms with Gasteiger partial charge in [-0.1, -0.05) is 0 Å². The molecule has 0 N–H and O–H groups in total. The Hall–Kier alpha value is -1.23. The molecule has 18 heavy (non-hydrogen) atoms. The molecule has 1 heterocycles. The molecule has 11 heteroatoms. The van der Waals surface area contributed by atoms with Crippen LogP contribution >= 0.6 is 0 Å². The molecule has 0 spiro atoms. The summed E-state index contributed by atoms with van der Waals surface area (Å²) in [6.45, 7) is -0.221. The van der Waals surface area contributed by atoms with E-state index >= 15 is 0 Å². The van der Waals surface area contributed by atoms with Crippen LogP contribution in [0.4, 0.5) is 22.0 Å². The Morgan fingerprint density at radius 3 is 2.06 bits per heavy atom. The zero-order valence-electron chi connectivity index (χ0n) is 8.93. The topological polar surface area (TPSA) is 66.0 Å². The molecule has 1 aromatic rings. The van der Waals surface area contributed by atoms with E-state index in [-0.39, 0.29) is 6.54 Å². The molecule has 0 saturated carbocycles. The van der Waals surface area contributed by atoms with E-state index in [4.69, 9.17) is 13.0 Å². The van der Waals surface area contributed by atoms with Crippen molar-refractivity contribution in [3.8, 4) is 0 Å². The third kappa shape index (κ3) is 6.49. The van der Waals surface area contributed by atoms with Crippen LogP contribution in [0.2, 0.25) is 0 Å². The van der Waals surface area contributed by atoms with Gasteiger partial charge in [0, 0.05) is 0 Å². The van der Waals surface area contributed by atoms with Crippen LogP contribution in [0.3, 0.4) is 0 Å². The number of rotatable bonds is 2. The maximum Gasteiger partial charge on any atom is 0.485 e. The second-order valence-electron chi connectivity index (χ2n) is 3.07. The highest BCUT2D eigenvalue weighted by molar-refractivity contribution is 7.86. The largest absolute Gasteiger partial charge is 0.741 e. The molecule has 0 unspecified atom stereocenters. The second-order valence-corrected chi connectivity index (χ2v) is 4.44. The Morgan fingerprint density at radius 2 is 1.83 bits per heavy atom. The summed E-state index contributed by atoms with van der Waals surface area (Å²) in [5.41, 5.74) is -5.65. The Morgan fingerprint density at radius 1 is 1.39 bits per heavy atom. The maximum atomic E-state index is 11.7. The van der Waals surface area contributed by atoms with E-state index in [0.717, 1.165) is 0 Å². The number of nitrogens with zero attached hydrogens (tertiary/aromatic N) is 2. The van der Waals surface area contributed by atoms with Crippen LogP contribution in [-0.4, -0.2) is 29.5 Å². The quantitative estimate of drug-likeness (QED) is 0.348. The van der Waals surface area contributed by atoms with E-state index in [0.29, 0.717) is 0 Å². The summed E-state index contributed by atoms with van der Waals surface area (Å²) in [6, 6.07) is 0. The third-order valence-corrected chi connectivity index (χ3v) is 2.02. The van der Waals surface area contributed by atoms with Crippen LogP contribution < -0.4 is 4.57 Å². The predicted octanol–water partition coefficient (Wildman–Crippen LogP) is 0.629. The molecule has 0 atom stereocenters. The zero-order chi connectivity index (χ0) is 14.6. The minimum absolute atomic E-state index is 0.221. The lowest BCUT2D eigenvalue weighted by Crippen LogP contribution is -2.24. The lowest BCUT2D eigenvalue weighted by Gasteiger charge is -2.08. The summed E-state index contributed by atoms with van der Waals surface area (Å²) in [5, 5.41) is 0. The summed E-state index contributed by atoms with van der Waals surface area (Å²) in [6.07, 6.45) is 2.69. The van der Waals surface area contributed by atoms with Crippen molar-refractivity contribution in [1.82, 2.24) is 4.57 Å². The number of aromatic nitrogens is 2. The van der Waals surface area contributed by atoms with E-state index in [1.54, 1.807) is 30.3 Å².